The highest BCUT2D eigenvalue weighted by atomic mass is 79.9. The van der Waals surface area contributed by atoms with Crippen molar-refractivity contribution in [3.05, 3.63) is 67.1 Å². The van der Waals surface area contributed by atoms with Crippen LogP contribution in [0, 0.1) is 17.0 Å². The SMILES string of the molecule is Cc1cc(NC(=O)COC(=O)c2cc([N+](=O)[O-])ccc2Cl)ccc1Br. The Bertz CT molecular complexity index is 856. The maximum Gasteiger partial charge on any atom is 0.340 e. The smallest absolute Gasteiger partial charge is 0.340 e. The van der Waals surface area contributed by atoms with Gasteiger partial charge in [-0.1, -0.05) is 27.5 Å². The van der Waals surface area contributed by atoms with Crippen LogP contribution in [-0.4, -0.2) is 23.4 Å². The van der Waals surface area contributed by atoms with Crippen LogP contribution < -0.4 is 5.32 Å². The Morgan fingerprint density at radius 1 is 1.28 bits per heavy atom. The Morgan fingerprint density at radius 3 is 2.64 bits per heavy atom. The van der Waals surface area contributed by atoms with Crippen molar-refractivity contribution in [3.8, 4) is 0 Å². The monoisotopic (exact) mass is 426 g/mol. The molecule has 2 aromatic carbocycles. The number of hydrogen-bond donors (Lipinski definition) is 1. The molecule has 0 spiro atoms. The molecule has 0 saturated carbocycles. The van der Waals surface area contributed by atoms with Crippen LogP contribution in [-0.2, 0) is 9.53 Å². The number of esters is 1. The number of nitrogens with one attached hydrogen (secondary N) is 1. The summed E-state index contributed by atoms with van der Waals surface area (Å²) in [5.74, 6) is -1.47. The van der Waals surface area contributed by atoms with Gasteiger partial charge in [0, 0.05) is 22.3 Å². The van der Waals surface area contributed by atoms with E-state index in [1.54, 1.807) is 18.2 Å². The number of aryl methyl sites for hydroxylation is 1. The molecule has 0 atom stereocenters. The van der Waals surface area contributed by atoms with E-state index < -0.39 is 23.4 Å². The van der Waals surface area contributed by atoms with E-state index in [-0.39, 0.29) is 16.3 Å². The van der Waals surface area contributed by atoms with E-state index in [1.807, 2.05) is 6.92 Å². The molecule has 0 unspecified atom stereocenters. The molecule has 2 rings (SSSR count). The fourth-order valence-corrected chi connectivity index (χ4v) is 2.35. The molecule has 0 aliphatic heterocycles. The number of halogens is 2. The molecule has 130 valence electrons. The number of ether oxygens (including phenoxy) is 1. The maximum atomic E-state index is 12.0. The third kappa shape index (κ3) is 5.01. The van der Waals surface area contributed by atoms with Crippen LogP contribution in [0.15, 0.2) is 40.9 Å². The molecular formula is C16H12BrClN2O5. The van der Waals surface area contributed by atoms with Crippen LogP contribution in [0.5, 0.6) is 0 Å². The second-order valence-electron chi connectivity index (χ2n) is 5.01. The third-order valence-electron chi connectivity index (χ3n) is 3.16. The molecule has 0 radical (unpaired) electrons. The molecule has 25 heavy (non-hydrogen) atoms. The van der Waals surface area contributed by atoms with Gasteiger partial charge in [-0.3, -0.25) is 14.9 Å². The van der Waals surface area contributed by atoms with E-state index in [4.69, 9.17) is 16.3 Å². The van der Waals surface area contributed by atoms with Gasteiger partial charge in [-0.15, -0.1) is 0 Å². The first-order valence-electron chi connectivity index (χ1n) is 6.95. The van der Waals surface area contributed by atoms with E-state index in [9.17, 15) is 19.7 Å². The number of nitro benzene ring substituents is 1. The van der Waals surface area contributed by atoms with Crippen molar-refractivity contribution in [1.82, 2.24) is 0 Å². The third-order valence-corrected chi connectivity index (χ3v) is 4.38. The predicted molar refractivity (Wildman–Crippen MR) is 95.9 cm³/mol. The van der Waals surface area contributed by atoms with Crippen LogP contribution in [0.1, 0.15) is 15.9 Å². The fraction of sp³-hybridized carbons (Fsp3) is 0.125. The summed E-state index contributed by atoms with van der Waals surface area (Å²) in [5.41, 5.74) is 1.00. The highest BCUT2D eigenvalue weighted by molar-refractivity contribution is 9.10. The number of non-ortho nitro benzene ring substituents is 1. The van der Waals surface area contributed by atoms with Crippen molar-refractivity contribution in [3.63, 3.8) is 0 Å². The van der Waals surface area contributed by atoms with Gasteiger partial charge in [0.15, 0.2) is 6.61 Å². The zero-order valence-electron chi connectivity index (χ0n) is 12.9. The van der Waals surface area contributed by atoms with Crippen molar-refractivity contribution in [2.45, 2.75) is 6.92 Å². The zero-order valence-corrected chi connectivity index (χ0v) is 15.3. The Kier molecular flexibility index (Phi) is 6.11. The van der Waals surface area contributed by atoms with E-state index >= 15 is 0 Å². The summed E-state index contributed by atoms with van der Waals surface area (Å²) in [6, 6.07) is 8.61. The average Bonchev–Trinajstić information content (AvgIpc) is 2.56. The summed E-state index contributed by atoms with van der Waals surface area (Å²) >= 11 is 9.20. The van der Waals surface area contributed by atoms with E-state index in [0.29, 0.717) is 5.69 Å². The second kappa shape index (κ2) is 8.09. The highest BCUT2D eigenvalue weighted by Crippen LogP contribution is 2.23. The summed E-state index contributed by atoms with van der Waals surface area (Å²) in [7, 11) is 0. The summed E-state index contributed by atoms with van der Waals surface area (Å²) in [5, 5.41) is 13.3. The number of carbonyl (C=O) groups excluding carboxylic acids is 2. The van der Waals surface area contributed by atoms with Gasteiger partial charge in [-0.2, -0.15) is 0 Å². The van der Waals surface area contributed by atoms with Gasteiger partial charge in [-0.05, 0) is 36.8 Å². The van der Waals surface area contributed by atoms with Gasteiger partial charge >= 0.3 is 5.97 Å². The van der Waals surface area contributed by atoms with Crippen LogP contribution in [0.25, 0.3) is 0 Å². The number of rotatable bonds is 5. The van der Waals surface area contributed by atoms with Crippen LogP contribution in [0.4, 0.5) is 11.4 Å². The largest absolute Gasteiger partial charge is 0.452 e. The van der Waals surface area contributed by atoms with Crippen molar-refractivity contribution in [1.29, 1.82) is 0 Å². The minimum absolute atomic E-state index is 0.000424. The first-order valence-corrected chi connectivity index (χ1v) is 8.12. The minimum atomic E-state index is -0.921. The number of amides is 1. The van der Waals surface area contributed by atoms with Crippen molar-refractivity contribution >= 4 is 50.8 Å². The van der Waals surface area contributed by atoms with Gasteiger partial charge in [0.1, 0.15) is 0 Å². The fourth-order valence-electron chi connectivity index (χ4n) is 1.91. The van der Waals surface area contributed by atoms with E-state index in [2.05, 4.69) is 21.2 Å². The standard InChI is InChI=1S/C16H12BrClN2O5/c1-9-6-10(2-4-13(9)17)19-15(21)8-25-16(22)12-7-11(20(23)24)3-5-14(12)18/h2-7H,8H2,1H3,(H,19,21). The van der Waals surface area contributed by atoms with Gasteiger partial charge in [-0.25, -0.2) is 4.79 Å². The van der Waals surface area contributed by atoms with Crippen molar-refractivity contribution < 1.29 is 19.2 Å². The van der Waals surface area contributed by atoms with Gasteiger partial charge in [0.25, 0.3) is 11.6 Å². The maximum absolute atomic E-state index is 12.0. The molecule has 0 bridgehead atoms. The number of carbonyl (C=O) groups is 2. The molecule has 0 saturated heterocycles. The van der Waals surface area contributed by atoms with Crippen LogP contribution in [0.3, 0.4) is 0 Å². The molecule has 1 amide bonds. The summed E-state index contributed by atoms with van der Waals surface area (Å²) in [4.78, 5) is 33.9. The molecule has 0 aromatic heterocycles. The normalized spacial score (nSPS) is 10.2. The second-order valence-corrected chi connectivity index (χ2v) is 6.27. The first-order chi connectivity index (χ1) is 11.8. The molecule has 1 N–H and O–H groups in total. The van der Waals surface area contributed by atoms with E-state index in [0.717, 1.165) is 16.1 Å². The number of hydrogen-bond acceptors (Lipinski definition) is 5. The lowest BCUT2D eigenvalue weighted by atomic mass is 10.2. The Labute approximate surface area is 156 Å². The van der Waals surface area contributed by atoms with E-state index in [1.165, 1.54) is 12.1 Å². The number of nitrogens with zero attached hydrogens (tertiary/aromatic N) is 1. The average molecular weight is 428 g/mol. The molecule has 0 aliphatic rings. The minimum Gasteiger partial charge on any atom is -0.452 e. The summed E-state index contributed by atoms with van der Waals surface area (Å²) in [6.07, 6.45) is 0. The van der Waals surface area contributed by atoms with Gasteiger partial charge in [0.05, 0.1) is 15.5 Å². The van der Waals surface area contributed by atoms with Crippen molar-refractivity contribution in [2.24, 2.45) is 0 Å². The van der Waals surface area contributed by atoms with Crippen LogP contribution >= 0.6 is 27.5 Å². The first kappa shape index (κ1) is 18.9. The molecular weight excluding hydrogens is 416 g/mol. The highest BCUT2D eigenvalue weighted by Gasteiger charge is 2.18. The molecule has 9 heteroatoms. The lowest BCUT2D eigenvalue weighted by Crippen LogP contribution is -2.21. The molecule has 7 nitrogen and oxygen atoms in total. The molecule has 0 fully saturated rings. The molecule has 0 heterocycles. The Hall–Kier alpha value is -2.45. The van der Waals surface area contributed by atoms with Crippen LogP contribution in [0.2, 0.25) is 5.02 Å². The molecule has 0 aliphatic carbocycles. The van der Waals surface area contributed by atoms with Gasteiger partial charge < -0.3 is 10.1 Å². The zero-order chi connectivity index (χ0) is 18.6. The molecule has 2 aromatic rings. The van der Waals surface area contributed by atoms with Crippen molar-refractivity contribution in [2.75, 3.05) is 11.9 Å². The summed E-state index contributed by atoms with van der Waals surface area (Å²) < 4.78 is 5.76. The lowest BCUT2D eigenvalue weighted by molar-refractivity contribution is -0.384. The Balaban J connectivity index is 1.99. The Morgan fingerprint density at radius 2 is 2.00 bits per heavy atom. The predicted octanol–water partition coefficient (Wildman–Crippen LogP) is 4.11. The van der Waals surface area contributed by atoms with Gasteiger partial charge in [0.2, 0.25) is 0 Å². The lowest BCUT2D eigenvalue weighted by Gasteiger charge is -2.08. The quantitative estimate of drug-likeness (QED) is 0.440. The number of anilines is 1. The number of benzene rings is 2. The number of nitro groups is 1. The summed E-state index contributed by atoms with van der Waals surface area (Å²) in [6.45, 7) is 1.32. The topological polar surface area (TPSA) is 98.5 Å².